The van der Waals surface area contributed by atoms with Crippen LogP contribution in [0.1, 0.15) is 22.5 Å². The van der Waals surface area contributed by atoms with E-state index in [4.69, 9.17) is 5.10 Å². The fourth-order valence-electron chi connectivity index (χ4n) is 3.62. The van der Waals surface area contributed by atoms with Crippen LogP contribution in [0.4, 0.5) is 11.6 Å². The number of anilines is 1. The number of fused-ring (bicyclic) bond motifs is 3. The molecule has 152 valence electrons. The molecule has 0 saturated heterocycles. The number of hydrogen-bond donors (Lipinski definition) is 0. The van der Waals surface area contributed by atoms with Gasteiger partial charge in [-0.1, -0.05) is 36.4 Å². The maximum absolute atomic E-state index is 11.5. The van der Waals surface area contributed by atoms with Crippen LogP contribution < -0.4 is 5.01 Å². The first-order chi connectivity index (χ1) is 15.1. The summed E-state index contributed by atoms with van der Waals surface area (Å²) >= 11 is 0. The van der Waals surface area contributed by atoms with Gasteiger partial charge in [-0.05, 0) is 24.6 Å². The first-order valence-electron chi connectivity index (χ1n) is 9.63. The monoisotopic (exact) mass is 411 g/mol. The smallest absolute Gasteiger partial charge is 0.264 e. The molecule has 0 unspecified atom stereocenters. The van der Waals surface area contributed by atoms with Gasteiger partial charge in [0.05, 0.1) is 17.2 Å². The fourth-order valence-corrected chi connectivity index (χ4v) is 3.62. The van der Waals surface area contributed by atoms with Gasteiger partial charge in [-0.15, -0.1) is 10.2 Å². The molecule has 0 radical (unpaired) electrons. The first-order valence-corrected chi connectivity index (χ1v) is 9.63. The average molecular weight is 411 g/mol. The molecule has 0 saturated carbocycles. The summed E-state index contributed by atoms with van der Waals surface area (Å²) in [6.07, 6.45) is 3.49. The van der Waals surface area contributed by atoms with Gasteiger partial charge in [-0.2, -0.15) is 5.10 Å². The lowest BCUT2D eigenvalue weighted by molar-refractivity contribution is -0.384. The van der Waals surface area contributed by atoms with Gasteiger partial charge in [0.15, 0.2) is 0 Å². The number of nitro benzene ring substituents is 1. The third-order valence-corrected chi connectivity index (χ3v) is 5.05. The van der Waals surface area contributed by atoms with Crippen molar-refractivity contribution in [3.63, 3.8) is 0 Å². The molecule has 4 aromatic rings. The molecule has 1 aliphatic heterocycles. The Morgan fingerprint density at radius 1 is 1.03 bits per heavy atom. The Labute approximate surface area is 177 Å². The molecule has 0 N–H and O–H groups in total. The minimum atomic E-state index is -0.402. The van der Waals surface area contributed by atoms with Crippen LogP contribution in [0.5, 0.6) is 0 Å². The second kappa shape index (κ2) is 7.45. The van der Waals surface area contributed by atoms with Crippen molar-refractivity contribution in [3.8, 4) is 5.69 Å². The predicted octanol–water partition coefficient (Wildman–Crippen LogP) is 3.65. The van der Waals surface area contributed by atoms with Crippen LogP contribution >= 0.6 is 0 Å². The summed E-state index contributed by atoms with van der Waals surface area (Å²) in [5.41, 5.74) is 3.78. The van der Waals surface area contributed by atoms with Gasteiger partial charge >= 0.3 is 0 Å². The predicted molar refractivity (Wildman–Crippen MR) is 115 cm³/mol. The number of non-ortho nitro benzene ring substituents is 1. The average Bonchev–Trinajstić information content (AvgIpc) is 3.12. The normalized spacial score (nSPS) is 12.5. The third kappa shape index (κ3) is 3.31. The summed E-state index contributed by atoms with van der Waals surface area (Å²) in [6.45, 7) is 2.26. The largest absolute Gasteiger partial charge is 0.270 e. The Kier molecular flexibility index (Phi) is 4.47. The summed E-state index contributed by atoms with van der Waals surface area (Å²) in [5.74, 6) is 1.19. The summed E-state index contributed by atoms with van der Waals surface area (Å²) < 4.78 is 1.87. The number of nitrogens with zero attached hydrogens (tertiary/aromatic N) is 7. The molecule has 0 bridgehead atoms. The van der Waals surface area contributed by atoms with Crippen LogP contribution in [-0.2, 0) is 6.54 Å². The van der Waals surface area contributed by atoms with Crippen LogP contribution in [0.2, 0.25) is 0 Å². The zero-order valence-electron chi connectivity index (χ0n) is 16.6. The number of rotatable bonds is 4. The standard InChI is InChI=1S/C22H17N7O2/c1-15-24-25-22-27(14-16-6-5-11-23-13-16)26-21(17-7-3-2-4-8-17)19-12-18(29(30)31)9-10-20(19)28(15)22/h2-13H,14H2,1H3. The zero-order chi connectivity index (χ0) is 21.4. The Bertz CT molecular complexity index is 1300. The van der Waals surface area contributed by atoms with Crippen molar-refractivity contribution in [2.75, 3.05) is 5.01 Å². The van der Waals surface area contributed by atoms with Crippen molar-refractivity contribution < 1.29 is 4.92 Å². The van der Waals surface area contributed by atoms with Crippen LogP contribution in [0, 0.1) is 17.0 Å². The molecule has 31 heavy (non-hydrogen) atoms. The minimum Gasteiger partial charge on any atom is -0.264 e. The van der Waals surface area contributed by atoms with Gasteiger partial charge in [0.1, 0.15) is 11.5 Å². The van der Waals surface area contributed by atoms with Gasteiger partial charge in [0.2, 0.25) is 0 Å². The Morgan fingerprint density at radius 2 is 1.87 bits per heavy atom. The molecule has 2 aromatic heterocycles. The number of aryl methyl sites for hydroxylation is 1. The number of benzene rings is 2. The summed E-state index contributed by atoms with van der Waals surface area (Å²) in [6, 6.07) is 18.2. The van der Waals surface area contributed by atoms with E-state index < -0.39 is 4.92 Å². The molecule has 0 aliphatic carbocycles. The SMILES string of the molecule is Cc1nnc2n1-c1ccc([N+](=O)[O-])cc1C(c1ccccc1)=NN2Cc1cccnc1. The van der Waals surface area contributed by atoms with Gasteiger partial charge in [-0.3, -0.25) is 19.7 Å². The first kappa shape index (κ1) is 18.6. The molecule has 9 heteroatoms. The van der Waals surface area contributed by atoms with E-state index in [9.17, 15) is 10.1 Å². The highest BCUT2D eigenvalue weighted by molar-refractivity contribution is 6.16. The second-order valence-electron chi connectivity index (χ2n) is 7.07. The number of hydrogen-bond acceptors (Lipinski definition) is 7. The van der Waals surface area contributed by atoms with Gasteiger partial charge in [-0.25, -0.2) is 5.01 Å². The van der Waals surface area contributed by atoms with Crippen molar-refractivity contribution in [1.29, 1.82) is 0 Å². The van der Waals surface area contributed by atoms with E-state index in [1.165, 1.54) is 6.07 Å². The lowest BCUT2D eigenvalue weighted by Gasteiger charge is -2.17. The molecule has 3 heterocycles. The van der Waals surface area contributed by atoms with E-state index in [0.29, 0.717) is 29.6 Å². The van der Waals surface area contributed by atoms with E-state index >= 15 is 0 Å². The van der Waals surface area contributed by atoms with Crippen molar-refractivity contribution in [2.45, 2.75) is 13.5 Å². The van der Waals surface area contributed by atoms with E-state index in [0.717, 1.165) is 16.8 Å². The molecule has 0 amide bonds. The highest BCUT2D eigenvalue weighted by Gasteiger charge is 2.28. The molecule has 0 atom stereocenters. The minimum absolute atomic E-state index is 0.00429. The number of nitro groups is 1. The Hall–Kier alpha value is -4.40. The maximum Gasteiger partial charge on any atom is 0.270 e. The molecule has 9 nitrogen and oxygen atoms in total. The Morgan fingerprint density at radius 3 is 2.61 bits per heavy atom. The van der Waals surface area contributed by atoms with Gasteiger partial charge < -0.3 is 0 Å². The third-order valence-electron chi connectivity index (χ3n) is 5.05. The van der Waals surface area contributed by atoms with Crippen LogP contribution in [0.15, 0.2) is 78.2 Å². The van der Waals surface area contributed by atoms with Crippen molar-refractivity contribution in [1.82, 2.24) is 19.7 Å². The molecule has 0 spiro atoms. The number of pyridine rings is 1. The summed E-state index contributed by atoms with van der Waals surface area (Å²) in [4.78, 5) is 15.3. The Balaban J connectivity index is 1.77. The highest BCUT2D eigenvalue weighted by Crippen LogP contribution is 2.32. The van der Waals surface area contributed by atoms with E-state index in [-0.39, 0.29) is 5.69 Å². The van der Waals surface area contributed by atoms with Crippen LogP contribution in [0.25, 0.3) is 5.69 Å². The highest BCUT2D eigenvalue weighted by atomic mass is 16.6. The van der Waals surface area contributed by atoms with Gasteiger partial charge in [0, 0.05) is 35.7 Å². The molecular weight excluding hydrogens is 394 g/mol. The molecule has 1 aliphatic rings. The lowest BCUT2D eigenvalue weighted by Crippen LogP contribution is -2.20. The van der Waals surface area contributed by atoms with Gasteiger partial charge in [0.25, 0.3) is 11.6 Å². The topological polar surface area (TPSA) is 102 Å². The summed E-state index contributed by atoms with van der Waals surface area (Å²) in [5, 5.41) is 26.8. The van der Waals surface area contributed by atoms with Crippen LogP contribution in [-0.4, -0.2) is 30.4 Å². The van der Waals surface area contributed by atoms with E-state index in [1.54, 1.807) is 29.5 Å². The molecule has 0 fully saturated rings. The number of hydrazone groups is 1. The van der Waals surface area contributed by atoms with Crippen molar-refractivity contribution in [3.05, 3.63) is 106 Å². The zero-order valence-corrected chi connectivity index (χ0v) is 16.6. The van der Waals surface area contributed by atoms with E-state index in [1.807, 2.05) is 54.0 Å². The molecule has 5 rings (SSSR count). The fraction of sp³-hybridized carbons (Fsp3) is 0.0909. The maximum atomic E-state index is 11.5. The molecular formula is C22H17N7O2. The van der Waals surface area contributed by atoms with Crippen molar-refractivity contribution in [2.24, 2.45) is 5.10 Å². The van der Waals surface area contributed by atoms with Crippen molar-refractivity contribution >= 4 is 17.3 Å². The second-order valence-corrected chi connectivity index (χ2v) is 7.07. The number of aromatic nitrogens is 4. The van der Waals surface area contributed by atoms with Crippen LogP contribution in [0.3, 0.4) is 0 Å². The molecule has 2 aromatic carbocycles. The van der Waals surface area contributed by atoms with E-state index in [2.05, 4.69) is 15.2 Å². The quantitative estimate of drug-likeness (QED) is 0.375. The lowest BCUT2D eigenvalue weighted by atomic mass is 10.00. The summed E-state index contributed by atoms with van der Waals surface area (Å²) in [7, 11) is 0.